The molecule has 1 aromatic carbocycles. The van der Waals surface area contributed by atoms with Crippen LogP contribution in [0, 0.1) is 6.92 Å². The lowest BCUT2D eigenvalue weighted by Crippen LogP contribution is -2.42. The second-order valence-electron chi connectivity index (χ2n) is 7.74. The number of nitrogens with zero attached hydrogens (tertiary/aromatic N) is 3. The molecule has 0 aliphatic heterocycles. The number of hydrogen-bond donors (Lipinski definition) is 2. The molecule has 1 atom stereocenters. The highest BCUT2D eigenvalue weighted by atomic mass is 16.3. The topological polar surface area (TPSA) is 65.7 Å². The molecule has 6 heteroatoms. The van der Waals surface area contributed by atoms with Crippen molar-refractivity contribution in [2.75, 3.05) is 32.7 Å². The van der Waals surface area contributed by atoms with Gasteiger partial charge in [0.25, 0.3) is 0 Å². The van der Waals surface area contributed by atoms with Gasteiger partial charge in [0.2, 0.25) is 5.89 Å². The van der Waals surface area contributed by atoms with Crippen LogP contribution in [0.3, 0.4) is 0 Å². The standard InChI is InChI=1S/C24H39N5O/c1-6-25-24(27-20(5)10-9-17-29(7-2)8-3)26-16-15-22-18-30-23(28-22)21-13-11-19(4)12-14-21/h11-14,18,20H,6-10,15-17H2,1-5H3,(H2,25,26,27). The Morgan fingerprint density at radius 2 is 1.90 bits per heavy atom. The first-order chi connectivity index (χ1) is 14.5. The SMILES string of the molecule is CCNC(=NCCc1coc(-c2ccc(C)cc2)n1)NC(C)CCCN(CC)CC. The quantitative estimate of drug-likeness (QED) is 0.402. The van der Waals surface area contributed by atoms with E-state index in [2.05, 4.69) is 67.3 Å². The molecule has 0 amide bonds. The third-order valence-corrected chi connectivity index (χ3v) is 5.22. The minimum atomic E-state index is 0.388. The number of guanidine groups is 1. The Morgan fingerprint density at radius 3 is 2.57 bits per heavy atom. The number of benzene rings is 1. The highest BCUT2D eigenvalue weighted by Crippen LogP contribution is 2.19. The number of rotatable bonds is 12. The van der Waals surface area contributed by atoms with Crippen LogP contribution in [0.25, 0.3) is 11.5 Å². The van der Waals surface area contributed by atoms with Crippen molar-refractivity contribution in [2.45, 2.75) is 59.9 Å². The van der Waals surface area contributed by atoms with Gasteiger partial charge in [0.15, 0.2) is 5.96 Å². The first-order valence-electron chi connectivity index (χ1n) is 11.3. The highest BCUT2D eigenvalue weighted by molar-refractivity contribution is 5.80. The van der Waals surface area contributed by atoms with Gasteiger partial charge in [-0.15, -0.1) is 0 Å². The Bertz CT molecular complexity index is 749. The van der Waals surface area contributed by atoms with Gasteiger partial charge in [0.1, 0.15) is 6.26 Å². The van der Waals surface area contributed by atoms with Crippen molar-refractivity contribution in [1.29, 1.82) is 0 Å². The zero-order valence-corrected chi connectivity index (χ0v) is 19.4. The van der Waals surface area contributed by atoms with Crippen LogP contribution in [0.5, 0.6) is 0 Å². The van der Waals surface area contributed by atoms with Crippen LogP contribution in [0.1, 0.15) is 51.8 Å². The Kier molecular flexibility index (Phi) is 10.4. The molecule has 2 aromatic rings. The monoisotopic (exact) mass is 413 g/mol. The lowest BCUT2D eigenvalue weighted by molar-refractivity contribution is 0.292. The van der Waals surface area contributed by atoms with E-state index < -0.39 is 0 Å². The van der Waals surface area contributed by atoms with Crippen molar-refractivity contribution in [2.24, 2.45) is 4.99 Å². The molecule has 1 unspecified atom stereocenters. The van der Waals surface area contributed by atoms with Crippen molar-refractivity contribution in [3.8, 4) is 11.5 Å². The van der Waals surface area contributed by atoms with Gasteiger partial charge in [-0.3, -0.25) is 4.99 Å². The maximum Gasteiger partial charge on any atom is 0.226 e. The van der Waals surface area contributed by atoms with E-state index in [4.69, 9.17) is 9.41 Å². The van der Waals surface area contributed by atoms with E-state index in [9.17, 15) is 0 Å². The third-order valence-electron chi connectivity index (χ3n) is 5.22. The summed E-state index contributed by atoms with van der Waals surface area (Å²) in [7, 11) is 0. The molecule has 166 valence electrons. The summed E-state index contributed by atoms with van der Waals surface area (Å²) in [5, 5.41) is 6.87. The fourth-order valence-corrected chi connectivity index (χ4v) is 3.32. The van der Waals surface area contributed by atoms with E-state index in [1.165, 1.54) is 12.0 Å². The summed E-state index contributed by atoms with van der Waals surface area (Å²) >= 11 is 0. The molecule has 0 saturated heterocycles. The van der Waals surface area contributed by atoms with Crippen LogP contribution in [0.2, 0.25) is 0 Å². The van der Waals surface area contributed by atoms with Gasteiger partial charge in [0, 0.05) is 31.1 Å². The molecule has 0 saturated carbocycles. The van der Waals surface area contributed by atoms with Gasteiger partial charge in [-0.25, -0.2) is 4.98 Å². The smallest absolute Gasteiger partial charge is 0.226 e. The third kappa shape index (κ3) is 8.19. The van der Waals surface area contributed by atoms with E-state index in [1.54, 1.807) is 6.26 Å². The number of hydrogen-bond acceptors (Lipinski definition) is 4. The Hall–Kier alpha value is -2.34. The number of aliphatic imine (C=N–C) groups is 1. The zero-order chi connectivity index (χ0) is 21.8. The first-order valence-corrected chi connectivity index (χ1v) is 11.3. The van der Waals surface area contributed by atoms with E-state index in [1.807, 2.05) is 12.1 Å². The molecule has 1 heterocycles. The van der Waals surface area contributed by atoms with Gasteiger partial charge in [-0.2, -0.15) is 0 Å². The molecule has 30 heavy (non-hydrogen) atoms. The number of nitrogens with one attached hydrogen (secondary N) is 2. The Morgan fingerprint density at radius 1 is 1.17 bits per heavy atom. The van der Waals surface area contributed by atoms with Gasteiger partial charge < -0.3 is 20.0 Å². The Balaban J connectivity index is 1.82. The fraction of sp³-hybridized carbons (Fsp3) is 0.583. The van der Waals surface area contributed by atoms with Gasteiger partial charge >= 0.3 is 0 Å². The summed E-state index contributed by atoms with van der Waals surface area (Å²) in [6.07, 6.45) is 4.81. The van der Waals surface area contributed by atoms with Crippen LogP contribution >= 0.6 is 0 Å². The summed E-state index contributed by atoms with van der Waals surface area (Å²) < 4.78 is 5.65. The summed E-state index contributed by atoms with van der Waals surface area (Å²) in [5.74, 6) is 1.54. The molecule has 0 aliphatic rings. The second-order valence-corrected chi connectivity index (χ2v) is 7.74. The molecule has 2 N–H and O–H groups in total. The predicted octanol–water partition coefficient (Wildman–Crippen LogP) is 4.26. The molecule has 1 aromatic heterocycles. The molecule has 6 nitrogen and oxygen atoms in total. The second kappa shape index (κ2) is 13.1. The number of oxazole rings is 1. The van der Waals surface area contributed by atoms with E-state index in [0.29, 0.717) is 18.5 Å². The first kappa shape index (κ1) is 23.9. The Labute approximate surface area is 182 Å². The average molecular weight is 414 g/mol. The van der Waals surface area contributed by atoms with E-state index in [0.717, 1.165) is 56.2 Å². The number of aryl methyl sites for hydroxylation is 1. The van der Waals surface area contributed by atoms with Crippen molar-refractivity contribution < 1.29 is 4.42 Å². The normalized spacial score (nSPS) is 12.9. The minimum absolute atomic E-state index is 0.388. The molecule has 0 bridgehead atoms. The summed E-state index contributed by atoms with van der Waals surface area (Å²) in [6.45, 7) is 15.7. The van der Waals surface area contributed by atoms with Crippen LogP contribution in [-0.4, -0.2) is 54.6 Å². The van der Waals surface area contributed by atoms with Crippen LogP contribution in [-0.2, 0) is 6.42 Å². The van der Waals surface area contributed by atoms with E-state index in [-0.39, 0.29) is 0 Å². The molecule has 0 radical (unpaired) electrons. The highest BCUT2D eigenvalue weighted by Gasteiger charge is 2.08. The lowest BCUT2D eigenvalue weighted by atomic mass is 10.1. The minimum Gasteiger partial charge on any atom is -0.444 e. The van der Waals surface area contributed by atoms with Crippen molar-refractivity contribution in [3.63, 3.8) is 0 Å². The molecule has 0 spiro atoms. The average Bonchev–Trinajstić information content (AvgIpc) is 3.21. The van der Waals surface area contributed by atoms with Crippen molar-refractivity contribution in [1.82, 2.24) is 20.5 Å². The summed E-state index contributed by atoms with van der Waals surface area (Å²) in [5.41, 5.74) is 3.16. The molecule has 0 aliphatic carbocycles. The maximum atomic E-state index is 5.65. The van der Waals surface area contributed by atoms with Crippen LogP contribution in [0.4, 0.5) is 0 Å². The zero-order valence-electron chi connectivity index (χ0n) is 19.4. The van der Waals surface area contributed by atoms with E-state index >= 15 is 0 Å². The summed E-state index contributed by atoms with van der Waals surface area (Å²) in [4.78, 5) is 11.8. The van der Waals surface area contributed by atoms with Crippen molar-refractivity contribution in [3.05, 3.63) is 41.8 Å². The largest absolute Gasteiger partial charge is 0.444 e. The number of aromatic nitrogens is 1. The molecule has 2 rings (SSSR count). The van der Waals surface area contributed by atoms with Gasteiger partial charge in [0.05, 0.1) is 5.69 Å². The molecular formula is C24H39N5O. The molecule has 0 fully saturated rings. The lowest BCUT2D eigenvalue weighted by Gasteiger charge is -2.21. The summed E-state index contributed by atoms with van der Waals surface area (Å²) in [6, 6.07) is 8.61. The molecular weight excluding hydrogens is 374 g/mol. The van der Waals surface area contributed by atoms with Crippen LogP contribution < -0.4 is 10.6 Å². The van der Waals surface area contributed by atoms with Gasteiger partial charge in [-0.1, -0.05) is 31.5 Å². The fourth-order valence-electron chi connectivity index (χ4n) is 3.32. The van der Waals surface area contributed by atoms with Gasteiger partial charge in [-0.05, 0) is 65.4 Å². The predicted molar refractivity (Wildman–Crippen MR) is 126 cm³/mol. The van der Waals surface area contributed by atoms with Crippen LogP contribution in [0.15, 0.2) is 39.9 Å². The maximum absolute atomic E-state index is 5.65. The van der Waals surface area contributed by atoms with Crippen molar-refractivity contribution >= 4 is 5.96 Å².